The van der Waals surface area contributed by atoms with Crippen LogP contribution in [-0.2, 0) is 17.5 Å². The first-order valence-electron chi connectivity index (χ1n) is 9.71. The first-order chi connectivity index (χ1) is 14.9. The highest BCUT2D eigenvalue weighted by atomic mass is 19.4. The lowest BCUT2D eigenvalue weighted by Crippen LogP contribution is -2.53. The Kier molecular flexibility index (Phi) is 6.36. The molecule has 0 radical (unpaired) electrons. The number of carbonyl (C=O) groups excluding carboxylic acids is 1. The molecule has 10 heteroatoms. The third-order valence-corrected chi connectivity index (χ3v) is 5.52. The lowest BCUT2D eigenvalue weighted by Gasteiger charge is -2.40. The van der Waals surface area contributed by atoms with Crippen LogP contribution in [0.3, 0.4) is 0 Å². The van der Waals surface area contributed by atoms with Gasteiger partial charge in [-0.05, 0) is 49.2 Å². The summed E-state index contributed by atoms with van der Waals surface area (Å²) < 4.78 is 52.4. The molecular weight excluding hydrogens is 430 g/mol. The van der Waals surface area contributed by atoms with E-state index >= 15 is 0 Å². The molecule has 1 fully saturated rings. The number of piperidine rings is 1. The average molecular weight is 451 g/mol. The van der Waals surface area contributed by atoms with Crippen LogP contribution in [0.15, 0.2) is 42.5 Å². The summed E-state index contributed by atoms with van der Waals surface area (Å²) in [4.78, 5) is 25.8. The number of aromatic carboxylic acids is 1. The zero-order valence-electron chi connectivity index (χ0n) is 17.1. The lowest BCUT2D eigenvalue weighted by atomic mass is 9.78. The highest BCUT2D eigenvalue weighted by Crippen LogP contribution is 2.34. The molecule has 1 unspecified atom stereocenters. The van der Waals surface area contributed by atoms with Gasteiger partial charge in [0.25, 0.3) is 0 Å². The van der Waals surface area contributed by atoms with Crippen molar-refractivity contribution in [1.82, 2.24) is 4.90 Å². The second-order valence-electron chi connectivity index (χ2n) is 7.92. The molecule has 0 saturated carbocycles. The van der Waals surface area contributed by atoms with Crippen LogP contribution in [0.25, 0.3) is 0 Å². The highest BCUT2D eigenvalue weighted by molar-refractivity contribution is 6.12. The number of hydrogen-bond donors (Lipinski definition) is 3. The Morgan fingerprint density at radius 3 is 2.44 bits per heavy atom. The van der Waals surface area contributed by atoms with Crippen molar-refractivity contribution in [3.8, 4) is 0 Å². The van der Waals surface area contributed by atoms with Crippen LogP contribution in [0.4, 0.5) is 23.2 Å². The smallest absolute Gasteiger partial charge is 0.419 e. The minimum atomic E-state index is -4.90. The summed E-state index contributed by atoms with van der Waals surface area (Å²) in [5.74, 6) is -3.14. The number of likely N-dealkylation sites (tertiary alicyclic amines) is 1. The van der Waals surface area contributed by atoms with E-state index in [1.165, 1.54) is 12.1 Å². The van der Waals surface area contributed by atoms with Crippen molar-refractivity contribution >= 4 is 23.3 Å². The number of nitrogens with zero attached hydrogens (tertiary/aromatic N) is 1. The predicted octanol–water partition coefficient (Wildman–Crippen LogP) is 4.41. The molecule has 0 bridgehead atoms. The lowest BCUT2D eigenvalue weighted by molar-refractivity contribution is -0.140. The second kappa shape index (κ2) is 8.70. The Morgan fingerprint density at radius 1 is 1.19 bits per heavy atom. The second-order valence-corrected chi connectivity index (χ2v) is 7.92. The standard InChI is InChI=1S/C22H21F4N3O3/c1-21(20(32)28-15-6-7-17(23)16(10-15)22(24,25)26)12-29(9-8-18(21)27)11-13-2-4-14(5-3-13)19(30)31/h2-7,10,27H,8-9,11-12H2,1H3,(H,28,32)(H,30,31). The molecule has 1 atom stereocenters. The first-order valence-corrected chi connectivity index (χ1v) is 9.71. The summed E-state index contributed by atoms with van der Waals surface area (Å²) in [5, 5.41) is 19.6. The molecule has 1 aliphatic rings. The van der Waals surface area contributed by atoms with E-state index in [2.05, 4.69) is 5.32 Å². The summed E-state index contributed by atoms with van der Waals surface area (Å²) in [6, 6.07) is 8.49. The Morgan fingerprint density at radius 2 is 1.84 bits per heavy atom. The SMILES string of the molecule is CC1(C(=O)Nc2ccc(F)c(C(F)(F)F)c2)CN(Cc2ccc(C(=O)O)cc2)CCC1=N. The van der Waals surface area contributed by atoms with Crippen LogP contribution < -0.4 is 5.32 Å². The molecule has 1 amide bonds. The van der Waals surface area contributed by atoms with Crippen LogP contribution in [0.5, 0.6) is 0 Å². The van der Waals surface area contributed by atoms with Gasteiger partial charge in [-0.2, -0.15) is 13.2 Å². The van der Waals surface area contributed by atoms with E-state index < -0.39 is 34.8 Å². The van der Waals surface area contributed by atoms with Gasteiger partial charge in [0, 0.05) is 31.0 Å². The Balaban J connectivity index is 1.75. The van der Waals surface area contributed by atoms with Crippen LogP contribution in [0.1, 0.15) is 34.8 Å². The third kappa shape index (κ3) is 4.96. The van der Waals surface area contributed by atoms with Gasteiger partial charge >= 0.3 is 12.1 Å². The van der Waals surface area contributed by atoms with Gasteiger partial charge in [0.1, 0.15) is 5.82 Å². The number of carboxylic acids is 1. The Labute approximate surface area is 181 Å². The fraction of sp³-hybridized carbons (Fsp3) is 0.318. The number of amides is 1. The minimum Gasteiger partial charge on any atom is -0.478 e. The molecule has 0 aliphatic carbocycles. The molecule has 2 aromatic rings. The van der Waals surface area contributed by atoms with Crippen molar-refractivity contribution < 1.29 is 32.3 Å². The summed E-state index contributed by atoms with van der Waals surface area (Å²) in [5.41, 5.74) is -1.88. The van der Waals surface area contributed by atoms with Crippen LogP contribution >= 0.6 is 0 Å². The van der Waals surface area contributed by atoms with E-state index in [9.17, 15) is 27.2 Å². The molecule has 0 spiro atoms. The zero-order valence-corrected chi connectivity index (χ0v) is 17.1. The molecular formula is C22H21F4N3O3. The molecule has 3 N–H and O–H groups in total. The molecule has 6 nitrogen and oxygen atoms in total. The fourth-order valence-electron chi connectivity index (χ4n) is 3.61. The number of carbonyl (C=O) groups is 2. The Bertz CT molecular complexity index is 1050. The first kappa shape index (κ1) is 23.4. The molecule has 0 aromatic heterocycles. The molecule has 170 valence electrons. The normalized spacial score (nSPS) is 19.6. The quantitative estimate of drug-likeness (QED) is 0.587. The van der Waals surface area contributed by atoms with Gasteiger partial charge < -0.3 is 15.8 Å². The van der Waals surface area contributed by atoms with Gasteiger partial charge in [0.05, 0.1) is 16.5 Å². The van der Waals surface area contributed by atoms with Gasteiger partial charge in [-0.3, -0.25) is 9.69 Å². The third-order valence-electron chi connectivity index (χ3n) is 5.52. The number of anilines is 1. The van der Waals surface area contributed by atoms with Gasteiger partial charge in [-0.25, -0.2) is 9.18 Å². The number of alkyl halides is 3. The van der Waals surface area contributed by atoms with Crippen molar-refractivity contribution in [2.45, 2.75) is 26.1 Å². The maximum atomic E-state index is 13.5. The van der Waals surface area contributed by atoms with E-state index in [0.29, 0.717) is 25.2 Å². The predicted molar refractivity (Wildman–Crippen MR) is 109 cm³/mol. The van der Waals surface area contributed by atoms with Crippen LogP contribution in [0, 0.1) is 16.6 Å². The molecule has 1 heterocycles. The molecule has 1 saturated heterocycles. The number of nitrogens with one attached hydrogen (secondary N) is 2. The highest BCUT2D eigenvalue weighted by Gasteiger charge is 2.42. The topological polar surface area (TPSA) is 93.5 Å². The summed E-state index contributed by atoms with van der Waals surface area (Å²) in [7, 11) is 0. The van der Waals surface area contributed by atoms with E-state index in [1.807, 2.05) is 4.90 Å². The summed E-state index contributed by atoms with van der Waals surface area (Å²) in [6.07, 6.45) is -4.62. The Hall–Kier alpha value is -3.27. The van der Waals surface area contributed by atoms with Crippen molar-refractivity contribution in [1.29, 1.82) is 5.41 Å². The largest absolute Gasteiger partial charge is 0.478 e. The summed E-state index contributed by atoms with van der Waals surface area (Å²) in [6.45, 7) is 2.59. The van der Waals surface area contributed by atoms with Gasteiger partial charge in [0.2, 0.25) is 5.91 Å². The monoisotopic (exact) mass is 451 g/mol. The van der Waals surface area contributed by atoms with Crippen molar-refractivity contribution in [2.24, 2.45) is 5.41 Å². The van der Waals surface area contributed by atoms with Crippen molar-refractivity contribution in [3.63, 3.8) is 0 Å². The van der Waals surface area contributed by atoms with Crippen LogP contribution in [-0.4, -0.2) is 40.7 Å². The molecule has 3 rings (SSSR count). The summed E-state index contributed by atoms with van der Waals surface area (Å²) >= 11 is 0. The van der Waals surface area contributed by atoms with Gasteiger partial charge in [-0.1, -0.05) is 12.1 Å². The number of rotatable bonds is 5. The number of hydrogen-bond acceptors (Lipinski definition) is 4. The molecule has 1 aliphatic heterocycles. The van der Waals surface area contributed by atoms with Gasteiger partial charge in [-0.15, -0.1) is 0 Å². The van der Waals surface area contributed by atoms with Crippen LogP contribution in [0.2, 0.25) is 0 Å². The fourth-order valence-corrected chi connectivity index (χ4v) is 3.61. The van der Waals surface area contributed by atoms with E-state index in [0.717, 1.165) is 11.6 Å². The molecule has 32 heavy (non-hydrogen) atoms. The number of benzene rings is 2. The molecule has 2 aromatic carbocycles. The van der Waals surface area contributed by atoms with Crippen molar-refractivity contribution in [2.75, 3.05) is 18.4 Å². The zero-order chi connectivity index (χ0) is 23.7. The number of carboxylic acid groups (broad SMARTS) is 1. The van der Waals surface area contributed by atoms with E-state index in [4.69, 9.17) is 10.5 Å². The van der Waals surface area contributed by atoms with Gasteiger partial charge in [0.15, 0.2) is 0 Å². The maximum Gasteiger partial charge on any atom is 0.419 e. The number of halogens is 4. The maximum absolute atomic E-state index is 13.5. The van der Waals surface area contributed by atoms with E-state index in [-0.39, 0.29) is 29.9 Å². The average Bonchev–Trinajstić information content (AvgIpc) is 2.71. The minimum absolute atomic E-state index is 0.144. The van der Waals surface area contributed by atoms with Crippen molar-refractivity contribution in [3.05, 3.63) is 65.0 Å². The van der Waals surface area contributed by atoms with E-state index in [1.54, 1.807) is 19.1 Å².